The van der Waals surface area contributed by atoms with Crippen LogP contribution in [-0.2, 0) is 0 Å². The summed E-state index contributed by atoms with van der Waals surface area (Å²) >= 11 is 6.35. The van der Waals surface area contributed by atoms with Gasteiger partial charge in [0.2, 0.25) is 0 Å². The van der Waals surface area contributed by atoms with Crippen LogP contribution in [0.2, 0.25) is 0 Å². The number of hydrogen-bond acceptors (Lipinski definition) is 2. The third kappa shape index (κ3) is 2.08. The highest BCUT2D eigenvalue weighted by Crippen LogP contribution is 2.19. The molecule has 0 aliphatic heterocycles. The number of ketones is 1. The number of halogens is 2. The summed E-state index contributed by atoms with van der Waals surface area (Å²) in [6.07, 6.45) is 0. The average molecular weight is 293 g/mol. The third-order valence-corrected chi connectivity index (χ3v) is 2.44. The van der Waals surface area contributed by atoms with E-state index in [1.165, 1.54) is 0 Å². The van der Waals surface area contributed by atoms with Crippen LogP contribution in [0, 0.1) is 0 Å². The molecule has 64 valence electrons. The van der Waals surface area contributed by atoms with Crippen molar-refractivity contribution < 1.29 is 4.79 Å². The lowest BCUT2D eigenvalue weighted by atomic mass is 10.1. The van der Waals surface area contributed by atoms with E-state index in [-0.39, 0.29) is 5.78 Å². The Hall–Kier alpha value is -0.350. The standard InChI is InChI=1S/C8H7Br2NO/c9-4-8(12)6-2-1-5(10)3-7(6)11/h1-3H,4,11H2. The van der Waals surface area contributed by atoms with Gasteiger partial charge in [-0.25, -0.2) is 0 Å². The number of benzene rings is 1. The van der Waals surface area contributed by atoms with Crippen molar-refractivity contribution in [1.82, 2.24) is 0 Å². The first-order valence-corrected chi connectivity index (χ1v) is 5.21. The minimum absolute atomic E-state index is 0.000000000000000222. The van der Waals surface area contributed by atoms with E-state index < -0.39 is 0 Å². The summed E-state index contributed by atoms with van der Waals surface area (Å²) in [5, 5.41) is 0.304. The summed E-state index contributed by atoms with van der Waals surface area (Å²) in [6.45, 7) is 0. The molecule has 0 fully saturated rings. The van der Waals surface area contributed by atoms with Crippen LogP contribution in [0.1, 0.15) is 10.4 Å². The molecule has 0 heterocycles. The SMILES string of the molecule is Nc1cc(Br)ccc1C(=O)CBr. The Morgan fingerprint density at radius 1 is 1.50 bits per heavy atom. The Bertz CT molecular complexity index is 312. The van der Waals surface area contributed by atoms with Crippen LogP contribution >= 0.6 is 31.9 Å². The number of nitrogen functional groups attached to an aromatic ring is 1. The number of rotatable bonds is 2. The summed E-state index contributed by atoms with van der Waals surface area (Å²) in [4.78, 5) is 11.2. The third-order valence-electron chi connectivity index (χ3n) is 1.44. The quantitative estimate of drug-likeness (QED) is 0.517. The second-order valence-corrected chi connectivity index (χ2v) is 3.76. The van der Waals surface area contributed by atoms with Crippen molar-refractivity contribution in [2.75, 3.05) is 11.1 Å². The van der Waals surface area contributed by atoms with Crippen molar-refractivity contribution in [1.29, 1.82) is 0 Å². The molecule has 0 unspecified atom stereocenters. The van der Waals surface area contributed by atoms with Gasteiger partial charge in [-0.3, -0.25) is 4.79 Å². The number of nitrogens with two attached hydrogens (primary N) is 1. The highest BCUT2D eigenvalue weighted by Gasteiger charge is 2.07. The summed E-state index contributed by atoms with van der Waals surface area (Å²) in [5.41, 5.74) is 6.70. The van der Waals surface area contributed by atoms with Crippen LogP contribution in [0.15, 0.2) is 22.7 Å². The van der Waals surface area contributed by atoms with E-state index in [9.17, 15) is 4.79 Å². The maximum absolute atomic E-state index is 11.2. The van der Waals surface area contributed by atoms with Crippen LogP contribution in [0.5, 0.6) is 0 Å². The fourth-order valence-corrected chi connectivity index (χ4v) is 1.54. The zero-order valence-electron chi connectivity index (χ0n) is 6.18. The van der Waals surface area contributed by atoms with Gasteiger partial charge in [-0.1, -0.05) is 31.9 Å². The van der Waals surface area contributed by atoms with Crippen LogP contribution in [0.25, 0.3) is 0 Å². The Morgan fingerprint density at radius 3 is 2.67 bits per heavy atom. The van der Waals surface area contributed by atoms with E-state index in [0.29, 0.717) is 16.6 Å². The highest BCUT2D eigenvalue weighted by atomic mass is 79.9. The number of carbonyl (C=O) groups is 1. The fourth-order valence-electron chi connectivity index (χ4n) is 0.860. The van der Waals surface area contributed by atoms with E-state index in [0.717, 1.165) is 4.47 Å². The second-order valence-electron chi connectivity index (χ2n) is 2.29. The predicted octanol–water partition coefficient (Wildman–Crippen LogP) is 2.61. The molecule has 0 spiro atoms. The molecule has 4 heteroatoms. The summed E-state index contributed by atoms with van der Waals surface area (Å²) in [5.74, 6) is 0.000000000000000222. The molecule has 0 aromatic heterocycles. The topological polar surface area (TPSA) is 43.1 Å². The van der Waals surface area contributed by atoms with Crippen molar-refractivity contribution >= 4 is 43.3 Å². The molecule has 2 nitrogen and oxygen atoms in total. The Kier molecular flexibility index (Phi) is 3.29. The lowest BCUT2D eigenvalue weighted by molar-refractivity contribution is 0.102. The minimum Gasteiger partial charge on any atom is -0.398 e. The van der Waals surface area contributed by atoms with Gasteiger partial charge < -0.3 is 5.73 Å². The van der Waals surface area contributed by atoms with Gasteiger partial charge in [-0.2, -0.15) is 0 Å². The van der Waals surface area contributed by atoms with Crippen molar-refractivity contribution in [2.45, 2.75) is 0 Å². The number of anilines is 1. The molecule has 0 aliphatic rings. The number of hydrogen-bond donors (Lipinski definition) is 1. The average Bonchev–Trinajstić information content (AvgIpc) is 2.03. The molecule has 0 saturated heterocycles. The lowest BCUT2D eigenvalue weighted by Gasteiger charge is -2.01. The van der Waals surface area contributed by atoms with Gasteiger partial charge in [0, 0.05) is 15.7 Å². The van der Waals surface area contributed by atoms with Gasteiger partial charge >= 0.3 is 0 Å². The second kappa shape index (κ2) is 4.05. The van der Waals surface area contributed by atoms with Crippen molar-refractivity contribution in [3.05, 3.63) is 28.2 Å². The predicted molar refractivity (Wildman–Crippen MR) is 56.7 cm³/mol. The Morgan fingerprint density at radius 2 is 2.17 bits per heavy atom. The maximum Gasteiger partial charge on any atom is 0.175 e. The highest BCUT2D eigenvalue weighted by molar-refractivity contribution is 9.10. The molecule has 1 rings (SSSR count). The molecule has 0 atom stereocenters. The van der Waals surface area contributed by atoms with E-state index >= 15 is 0 Å². The van der Waals surface area contributed by atoms with Gasteiger partial charge in [-0.15, -0.1) is 0 Å². The summed E-state index contributed by atoms with van der Waals surface area (Å²) in [7, 11) is 0. The molecule has 1 aromatic rings. The lowest BCUT2D eigenvalue weighted by Crippen LogP contribution is -2.04. The first kappa shape index (κ1) is 9.74. The molecule has 12 heavy (non-hydrogen) atoms. The van der Waals surface area contributed by atoms with Gasteiger partial charge in [0.15, 0.2) is 5.78 Å². The fraction of sp³-hybridized carbons (Fsp3) is 0.125. The Labute approximate surface area is 87.4 Å². The van der Waals surface area contributed by atoms with E-state index in [4.69, 9.17) is 5.73 Å². The largest absolute Gasteiger partial charge is 0.398 e. The van der Waals surface area contributed by atoms with Crippen molar-refractivity contribution in [3.8, 4) is 0 Å². The molecule has 0 radical (unpaired) electrons. The van der Waals surface area contributed by atoms with Gasteiger partial charge in [0.05, 0.1) is 5.33 Å². The van der Waals surface area contributed by atoms with Gasteiger partial charge in [0.1, 0.15) is 0 Å². The number of alkyl halides is 1. The van der Waals surface area contributed by atoms with Crippen LogP contribution < -0.4 is 5.73 Å². The molecular weight excluding hydrogens is 286 g/mol. The zero-order chi connectivity index (χ0) is 9.14. The van der Waals surface area contributed by atoms with E-state index in [1.807, 2.05) is 0 Å². The molecule has 0 amide bonds. The number of Topliss-reactive ketones (excluding diaryl/α,β-unsaturated/α-hetero) is 1. The van der Waals surface area contributed by atoms with Gasteiger partial charge in [-0.05, 0) is 18.2 Å². The van der Waals surface area contributed by atoms with Crippen LogP contribution in [0.4, 0.5) is 5.69 Å². The Balaban J connectivity index is 3.09. The molecule has 1 aromatic carbocycles. The molecular formula is C8H7Br2NO. The smallest absolute Gasteiger partial charge is 0.175 e. The van der Waals surface area contributed by atoms with Crippen molar-refractivity contribution in [3.63, 3.8) is 0 Å². The van der Waals surface area contributed by atoms with Crippen LogP contribution in [0.3, 0.4) is 0 Å². The van der Waals surface area contributed by atoms with Crippen molar-refractivity contribution in [2.24, 2.45) is 0 Å². The monoisotopic (exact) mass is 291 g/mol. The summed E-state index contributed by atoms with van der Waals surface area (Å²) in [6, 6.07) is 5.23. The summed E-state index contributed by atoms with van der Waals surface area (Å²) < 4.78 is 0.881. The normalized spacial score (nSPS) is 9.83. The first-order chi connectivity index (χ1) is 5.65. The first-order valence-electron chi connectivity index (χ1n) is 3.29. The maximum atomic E-state index is 11.2. The van der Waals surface area contributed by atoms with Gasteiger partial charge in [0.25, 0.3) is 0 Å². The molecule has 0 aliphatic carbocycles. The van der Waals surface area contributed by atoms with E-state index in [2.05, 4.69) is 31.9 Å². The molecule has 0 bridgehead atoms. The number of carbonyl (C=O) groups excluding carboxylic acids is 1. The molecule has 0 saturated carbocycles. The van der Waals surface area contributed by atoms with Crippen LogP contribution in [-0.4, -0.2) is 11.1 Å². The zero-order valence-corrected chi connectivity index (χ0v) is 9.35. The minimum atomic E-state index is 0.000000000000000222. The molecule has 2 N–H and O–H groups in total. The van der Waals surface area contributed by atoms with E-state index in [1.54, 1.807) is 18.2 Å².